The molecule has 1 aromatic rings. The number of rotatable bonds is 5. The molecule has 0 atom stereocenters. The molecule has 3 nitrogen and oxygen atoms in total. The number of para-hydroxylation sites is 1. The summed E-state index contributed by atoms with van der Waals surface area (Å²) in [5, 5.41) is 18.9. The minimum atomic E-state index is 0.120. The summed E-state index contributed by atoms with van der Waals surface area (Å²) in [6.45, 7) is 4.16. The van der Waals surface area contributed by atoms with Crippen LogP contribution in [0.3, 0.4) is 0 Å². The highest BCUT2D eigenvalue weighted by Crippen LogP contribution is 2.27. The minimum Gasteiger partial charge on any atom is -0.506 e. The van der Waals surface area contributed by atoms with Crippen LogP contribution in [0.5, 0.6) is 5.75 Å². The summed E-state index contributed by atoms with van der Waals surface area (Å²) in [6, 6.07) is 5.30. The van der Waals surface area contributed by atoms with E-state index in [9.17, 15) is 5.11 Å². The lowest BCUT2D eigenvalue weighted by Gasteiger charge is -2.19. The third kappa shape index (κ3) is 3.38. The first-order valence-corrected chi connectivity index (χ1v) is 5.36. The fourth-order valence-electron chi connectivity index (χ4n) is 1.42. The Morgan fingerprint density at radius 1 is 1.40 bits per heavy atom. The number of nitrogens with zero attached hydrogens (tertiary/aromatic N) is 1. The number of phenolic OH excluding ortho intramolecular Hbond substituents is 1. The van der Waals surface area contributed by atoms with E-state index in [2.05, 4.69) is 0 Å². The quantitative estimate of drug-likeness (QED) is 0.810. The SMILES string of the molecule is CCN(CCO)Cc1cccc(Cl)c1O. The summed E-state index contributed by atoms with van der Waals surface area (Å²) in [6.07, 6.45) is 0. The van der Waals surface area contributed by atoms with Crippen LogP contribution in [0, 0.1) is 0 Å². The second-order valence-corrected chi connectivity index (χ2v) is 3.75. The molecule has 4 heteroatoms. The van der Waals surface area contributed by atoms with Gasteiger partial charge in [0.25, 0.3) is 0 Å². The van der Waals surface area contributed by atoms with E-state index in [1.807, 2.05) is 24.0 Å². The molecule has 2 N–H and O–H groups in total. The van der Waals surface area contributed by atoms with Gasteiger partial charge < -0.3 is 10.2 Å². The van der Waals surface area contributed by atoms with Gasteiger partial charge in [-0.05, 0) is 12.6 Å². The van der Waals surface area contributed by atoms with Crippen molar-refractivity contribution >= 4 is 11.6 Å². The number of aliphatic hydroxyl groups excluding tert-OH is 1. The van der Waals surface area contributed by atoms with Crippen LogP contribution >= 0.6 is 11.6 Å². The average Bonchev–Trinajstić information content (AvgIpc) is 2.24. The van der Waals surface area contributed by atoms with Crippen molar-refractivity contribution in [2.24, 2.45) is 0 Å². The van der Waals surface area contributed by atoms with Crippen molar-refractivity contribution in [3.05, 3.63) is 28.8 Å². The maximum absolute atomic E-state index is 9.69. The van der Waals surface area contributed by atoms with Gasteiger partial charge in [-0.3, -0.25) is 4.90 Å². The third-order valence-corrected chi connectivity index (χ3v) is 2.63. The van der Waals surface area contributed by atoms with Gasteiger partial charge in [0.15, 0.2) is 0 Å². The second kappa shape index (κ2) is 5.95. The lowest BCUT2D eigenvalue weighted by atomic mass is 10.2. The molecule has 0 aliphatic rings. The smallest absolute Gasteiger partial charge is 0.138 e. The molecule has 0 bridgehead atoms. The van der Waals surface area contributed by atoms with E-state index in [1.54, 1.807) is 6.07 Å². The highest BCUT2D eigenvalue weighted by molar-refractivity contribution is 6.32. The summed E-state index contributed by atoms with van der Waals surface area (Å²) in [4.78, 5) is 2.03. The number of likely N-dealkylation sites (N-methyl/N-ethyl adjacent to an activating group) is 1. The van der Waals surface area contributed by atoms with Crippen molar-refractivity contribution in [2.45, 2.75) is 13.5 Å². The van der Waals surface area contributed by atoms with Gasteiger partial charge in [0, 0.05) is 18.7 Å². The third-order valence-electron chi connectivity index (χ3n) is 2.33. The maximum atomic E-state index is 9.69. The first kappa shape index (κ1) is 12.3. The highest BCUT2D eigenvalue weighted by atomic mass is 35.5. The number of benzene rings is 1. The average molecular weight is 230 g/mol. The van der Waals surface area contributed by atoms with E-state index in [4.69, 9.17) is 16.7 Å². The minimum absolute atomic E-state index is 0.120. The van der Waals surface area contributed by atoms with Crippen LogP contribution < -0.4 is 0 Å². The Balaban J connectivity index is 2.74. The zero-order chi connectivity index (χ0) is 11.3. The Morgan fingerprint density at radius 2 is 2.13 bits per heavy atom. The molecule has 15 heavy (non-hydrogen) atoms. The van der Waals surface area contributed by atoms with Gasteiger partial charge in [-0.25, -0.2) is 0 Å². The second-order valence-electron chi connectivity index (χ2n) is 3.34. The van der Waals surface area contributed by atoms with Gasteiger partial charge in [0.1, 0.15) is 5.75 Å². The zero-order valence-corrected chi connectivity index (χ0v) is 9.54. The number of aromatic hydroxyl groups is 1. The van der Waals surface area contributed by atoms with E-state index < -0.39 is 0 Å². The van der Waals surface area contributed by atoms with Crippen molar-refractivity contribution in [3.63, 3.8) is 0 Å². The van der Waals surface area contributed by atoms with Crippen LogP contribution in [-0.2, 0) is 6.54 Å². The topological polar surface area (TPSA) is 43.7 Å². The molecule has 1 rings (SSSR count). The zero-order valence-electron chi connectivity index (χ0n) is 8.78. The highest BCUT2D eigenvalue weighted by Gasteiger charge is 2.08. The Hall–Kier alpha value is -0.770. The molecule has 0 radical (unpaired) electrons. The van der Waals surface area contributed by atoms with Crippen molar-refractivity contribution < 1.29 is 10.2 Å². The molecule has 0 saturated carbocycles. The van der Waals surface area contributed by atoms with E-state index in [1.165, 1.54) is 0 Å². The first-order chi connectivity index (χ1) is 7.19. The van der Waals surface area contributed by atoms with Crippen LogP contribution in [0.2, 0.25) is 5.02 Å². The molecule has 0 aliphatic carbocycles. The van der Waals surface area contributed by atoms with Crippen LogP contribution in [0.15, 0.2) is 18.2 Å². The van der Waals surface area contributed by atoms with Gasteiger partial charge in [0.05, 0.1) is 11.6 Å². The number of hydrogen-bond acceptors (Lipinski definition) is 3. The van der Waals surface area contributed by atoms with Gasteiger partial charge in [-0.2, -0.15) is 0 Å². The Labute approximate surface area is 94.9 Å². The molecule has 1 aromatic carbocycles. The predicted octanol–water partition coefficient (Wildman–Crippen LogP) is 1.86. The molecule has 84 valence electrons. The van der Waals surface area contributed by atoms with Gasteiger partial charge >= 0.3 is 0 Å². The van der Waals surface area contributed by atoms with E-state index >= 15 is 0 Å². The van der Waals surface area contributed by atoms with E-state index in [0.29, 0.717) is 18.1 Å². The molecule has 0 unspecified atom stereocenters. The molecule has 0 fully saturated rings. The summed E-state index contributed by atoms with van der Waals surface area (Å²) in [5.74, 6) is 0.135. The molecule has 0 aliphatic heterocycles. The number of aliphatic hydroxyl groups is 1. The fraction of sp³-hybridized carbons (Fsp3) is 0.455. The molecule has 0 saturated heterocycles. The summed E-state index contributed by atoms with van der Waals surface area (Å²) < 4.78 is 0. The number of halogens is 1. The van der Waals surface area contributed by atoms with Crippen LogP contribution in [-0.4, -0.2) is 34.8 Å². The Morgan fingerprint density at radius 3 is 2.73 bits per heavy atom. The molecular formula is C11H16ClNO2. The lowest BCUT2D eigenvalue weighted by molar-refractivity contribution is 0.195. The summed E-state index contributed by atoms with van der Waals surface area (Å²) >= 11 is 5.80. The molecular weight excluding hydrogens is 214 g/mol. The molecule has 0 amide bonds. The van der Waals surface area contributed by atoms with Crippen LogP contribution in [0.4, 0.5) is 0 Å². The largest absolute Gasteiger partial charge is 0.506 e. The molecule has 0 aromatic heterocycles. The normalized spacial score (nSPS) is 10.9. The fourth-order valence-corrected chi connectivity index (χ4v) is 1.61. The molecule has 0 spiro atoms. The van der Waals surface area contributed by atoms with Crippen LogP contribution in [0.1, 0.15) is 12.5 Å². The lowest BCUT2D eigenvalue weighted by Crippen LogP contribution is -2.26. The number of hydrogen-bond donors (Lipinski definition) is 2. The maximum Gasteiger partial charge on any atom is 0.138 e. The van der Waals surface area contributed by atoms with Gasteiger partial charge in [-0.15, -0.1) is 0 Å². The van der Waals surface area contributed by atoms with Gasteiger partial charge in [-0.1, -0.05) is 30.7 Å². The number of phenols is 1. The predicted molar refractivity (Wildman–Crippen MR) is 61.2 cm³/mol. The summed E-state index contributed by atoms with van der Waals surface area (Å²) in [7, 11) is 0. The van der Waals surface area contributed by atoms with E-state index in [0.717, 1.165) is 12.1 Å². The standard InChI is InChI=1S/C11H16ClNO2/c1-2-13(6-7-14)8-9-4-3-5-10(12)11(9)15/h3-5,14-15H,2,6-8H2,1H3. The Kier molecular flexibility index (Phi) is 4.88. The van der Waals surface area contributed by atoms with Crippen molar-refractivity contribution in [1.29, 1.82) is 0 Å². The van der Waals surface area contributed by atoms with Crippen molar-refractivity contribution in [2.75, 3.05) is 19.7 Å². The Bertz CT molecular complexity index is 317. The van der Waals surface area contributed by atoms with E-state index in [-0.39, 0.29) is 12.4 Å². The van der Waals surface area contributed by atoms with Crippen molar-refractivity contribution in [1.82, 2.24) is 4.90 Å². The monoisotopic (exact) mass is 229 g/mol. The van der Waals surface area contributed by atoms with Gasteiger partial charge in [0.2, 0.25) is 0 Å². The first-order valence-electron chi connectivity index (χ1n) is 4.98. The van der Waals surface area contributed by atoms with Crippen molar-refractivity contribution in [3.8, 4) is 5.75 Å². The summed E-state index contributed by atoms with van der Waals surface area (Å²) in [5.41, 5.74) is 0.790. The molecule has 0 heterocycles. The van der Waals surface area contributed by atoms with Crippen LogP contribution in [0.25, 0.3) is 0 Å².